The van der Waals surface area contributed by atoms with Gasteiger partial charge in [0.05, 0.1) is 6.04 Å². The molecule has 0 radical (unpaired) electrons. The molecule has 1 N–H and O–H groups in total. The summed E-state index contributed by atoms with van der Waals surface area (Å²) in [7, 11) is 0. The molecule has 1 saturated carbocycles. The highest BCUT2D eigenvalue weighted by Crippen LogP contribution is 2.38. The third-order valence-corrected chi connectivity index (χ3v) is 3.44. The summed E-state index contributed by atoms with van der Waals surface area (Å²) in [6, 6.07) is 0.707. The first-order valence-corrected chi connectivity index (χ1v) is 5.62. The molecule has 0 spiro atoms. The molecule has 0 atom stereocenters. The molecule has 0 aromatic carbocycles. The van der Waals surface area contributed by atoms with Gasteiger partial charge in [0, 0.05) is 30.8 Å². The van der Waals surface area contributed by atoms with Crippen molar-refractivity contribution >= 4 is 15.9 Å². The average molecular weight is 242 g/mol. The van der Waals surface area contributed by atoms with E-state index in [4.69, 9.17) is 0 Å². The summed E-state index contributed by atoms with van der Waals surface area (Å²) >= 11 is 3.53. The Morgan fingerprint density at radius 2 is 2.31 bits per heavy atom. The Balaban J connectivity index is 2.09. The van der Waals surface area contributed by atoms with Gasteiger partial charge in [-0.05, 0) is 28.8 Å². The molecule has 2 heterocycles. The van der Waals surface area contributed by atoms with E-state index in [0.717, 1.165) is 24.1 Å². The molecule has 1 aromatic heterocycles. The maximum atomic E-state index is 4.55. The van der Waals surface area contributed by atoms with Crippen molar-refractivity contribution in [3.8, 4) is 0 Å². The molecule has 1 fully saturated rings. The SMILES string of the molecule is Brc1nn(C2CC2)c2c1CNCC2. The topological polar surface area (TPSA) is 29.9 Å². The quantitative estimate of drug-likeness (QED) is 0.811. The fourth-order valence-corrected chi connectivity index (χ4v) is 2.49. The maximum Gasteiger partial charge on any atom is 0.132 e. The highest BCUT2D eigenvalue weighted by Gasteiger charge is 2.30. The van der Waals surface area contributed by atoms with Crippen LogP contribution in [0.1, 0.15) is 30.1 Å². The first-order chi connectivity index (χ1) is 6.36. The van der Waals surface area contributed by atoms with Gasteiger partial charge in [0.15, 0.2) is 0 Å². The first kappa shape index (κ1) is 8.00. The van der Waals surface area contributed by atoms with Crippen LogP contribution in [0.3, 0.4) is 0 Å². The molecule has 0 amide bonds. The third-order valence-electron chi connectivity index (χ3n) is 2.80. The molecular weight excluding hydrogens is 230 g/mol. The van der Waals surface area contributed by atoms with Gasteiger partial charge < -0.3 is 5.32 Å². The van der Waals surface area contributed by atoms with Gasteiger partial charge in [0.1, 0.15) is 4.60 Å². The van der Waals surface area contributed by atoms with Gasteiger partial charge in [-0.25, -0.2) is 0 Å². The zero-order chi connectivity index (χ0) is 8.84. The van der Waals surface area contributed by atoms with Crippen molar-refractivity contribution in [3.05, 3.63) is 15.9 Å². The van der Waals surface area contributed by atoms with Gasteiger partial charge in [-0.15, -0.1) is 0 Å². The van der Waals surface area contributed by atoms with Crippen molar-refractivity contribution in [1.29, 1.82) is 0 Å². The van der Waals surface area contributed by atoms with Crippen LogP contribution in [0.4, 0.5) is 0 Å². The van der Waals surface area contributed by atoms with E-state index in [9.17, 15) is 0 Å². The Morgan fingerprint density at radius 3 is 3.08 bits per heavy atom. The molecule has 4 heteroatoms. The van der Waals surface area contributed by atoms with Crippen LogP contribution >= 0.6 is 15.9 Å². The molecular formula is C9H12BrN3. The van der Waals surface area contributed by atoms with Crippen molar-refractivity contribution < 1.29 is 0 Å². The summed E-state index contributed by atoms with van der Waals surface area (Å²) < 4.78 is 3.28. The molecule has 13 heavy (non-hydrogen) atoms. The standard InChI is InChI=1S/C9H12BrN3/c10-9-7-5-11-4-3-8(7)13(12-9)6-1-2-6/h6,11H,1-5H2. The third kappa shape index (κ3) is 1.23. The lowest BCUT2D eigenvalue weighted by molar-refractivity contribution is 0.562. The fourth-order valence-electron chi connectivity index (χ4n) is 1.95. The summed E-state index contributed by atoms with van der Waals surface area (Å²) in [5, 5.41) is 7.92. The van der Waals surface area contributed by atoms with Crippen LogP contribution in [-0.2, 0) is 13.0 Å². The Kier molecular flexibility index (Phi) is 1.73. The minimum Gasteiger partial charge on any atom is -0.312 e. The van der Waals surface area contributed by atoms with Gasteiger partial charge in [0.25, 0.3) is 0 Å². The van der Waals surface area contributed by atoms with E-state index < -0.39 is 0 Å². The van der Waals surface area contributed by atoms with E-state index in [1.165, 1.54) is 24.1 Å². The second-order valence-corrected chi connectivity index (χ2v) is 4.57. The second-order valence-electron chi connectivity index (χ2n) is 3.82. The predicted molar refractivity (Wildman–Crippen MR) is 53.6 cm³/mol. The molecule has 70 valence electrons. The van der Waals surface area contributed by atoms with Gasteiger partial charge in [-0.1, -0.05) is 0 Å². The number of nitrogens with one attached hydrogen (secondary N) is 1. The van der Waals surface area contributed by atoms with E-state index in [1.54, 1.807) is 0 Å². The zero-order valence-corrected chi connectivity index (χ0v) is 8.97. The minimum atomic E-state index is 0.707. The Labute approximate surface area is 85.6 Å². The summed E-state index contributed by atoms with van der Waals surface area (Å²) in [6.07, 6.45) is 3.76. The van der Waals surface area contributed by atoms with Gasteiger partial charge in [-0.3, -0.25) is 4.68 Å². The van der Waals surface area contributed by atoms with Crippen LogP contribution < -0.4 is 5.32 Å². The second kappa shape index (κ2) is 2.82. The number of fused-ring (bicyclic) bond motifs is 1. The van der Waals surface area contributed by atoms with Crippen molar-refractivity contribution in [3.63, 3.8) is 0 Å². The van der Waals surface area contributed by atoms with Gasteiger partial charge in [-0.2, -0.15) is 5.10 Å². The summed E-state index contributed by atoms with van der Waals surface area (Å²) in [4.78, 5) is 0. The lowest BCUT2D eigenvalue weighted by Crippen LogP contribution is -2.24. The van der Waals surface area contributed by atoms with Crippen LogP contribution in [0.2, 0.25) is 0 Å². The van der Waals surface area contributed by atoms with Crippen molar-refractivity contribution in [1.82, 2.24) is 15.1 Å². The largest absolute Gasteiger partial charge is 0.312 e. The van der Waals surface area contributed by atoms with E-state index in [1.807, 2.05) is 0 Å². The number of aromatic nitrogens is 2. The molecule has 1 aliphatic heterocycles. The summed E-state index contributed by atoms with van der Waals surface area (Å²) in [5.41, 5.74) is 2.83. The van der Waals surface area contributed by atoms with E-state index >= 15 is 0 Å². The molecule has 0 unspecified atom stereocenters. The molecule has 1 aromatic rings. The molecule has 2 aliphatic rings. The predicted octanol–water partition coefficient (Wildman–Crippen LogP) is 1.63. The van der Waals surface area contributed by atoms with Crippen molar-refractivity contribution in [2.75, 3.05) is 6.54 Å². The van der Waals surface area contributed by atoms with Crippen LogP contribution in [0.15, 0.2) is 4.60 Å². The fraction of sp³-hybridized carbons (Fsp3) is 0.667. The van der Waals surface area contributed by atoms with E-state index in [0.29, 0.717) is 6.04 Å². The smallest absolute Gasteiger partial charge is 0.132 e. The summed E-state index contributed by atoms with van der Waals surface area (Å²) in [5.74, 6) is 0. The Morgan fingerprint density at radius 1 is 1.46 bits per heavy atom. The Bertz CT molecular complexity index is 341. The number of nitrogens with zero attached hydrogens (tertiary/aromatic N) is 2. The molecule has 3 nitrogen and oxygen atoms in total. The number of hydrogen-bond acceptors (Lipinski definition) is 2. The molecule has 0 saturated heterocycles. The van der Waals surface area contributed by atoms with E-state index in [2.05, 4.69) is 31.0 Å². The Hall–Kier alpha value is -0.350. The molecule has 0 bridgehead atoms. The van der Waals surface area contributed by atoms with Gasteiger partial charge in [0.2, 0.25) is 0 Å². The van der Waals surface area contributed by atoms with Crippen LogP contribution in [-0.4, -0.2) is 16.3 Å². The lowest BCUT2D eigenvalue weighted by Gasteiger charge is -2.14. The van der Waals surface area contributed by atoms with Crippen LogP contribution in [0, 0.1) is 0 Å². The molecule has 3 rings (SSSR count). The van der Waals surface area contributed by atoms with Crippen LogP contribution in [0.5, 0.6) is 0 Å². The normalized spacial score (nSPS) is 21.6. The number of hydrogen-bond donors (Lipinski definition) is 1. The number of halogens is 1. The first-order valence-electron chi connectivity index (χ1n) is 4.83. The minimum absolute atomic E-state index is 0.707. The number of rotatable bonds is 1. The van der Waals surface area contributed by atoms with Crippen LogP contribution in [0.25, 0.3) is 0 Å². The summed E-state index contributed by atoms with van der Waals surface area (Å²) in [6.45, 7) is 2.07. The highest BCUT2D eigenvalue weighted by molar-refractivity contribution is 9.10. The molecule has 1 aliphatic carbocycles. The van der Waals surface area contributed by atoms with E-state index in [-0.39, 0.29) is 0 Å². The van der Waals surface area contributed by atoms with Gasteiger partial charge >= 0.3 is 0 Å². The monoisotopic (exact) mass is 241 g/mol. The average Bonchev–Trinajstić information content (AvgIpc) is 2.94. The zero-order valence-electron chi connectivity index (χ0n) is 7.39. The maximum absolute atomic E-state index is 4.55. The lowest BCUT2D eigenvalue weighted by atomic mass is 10.1. The van der Waals surface area contributed by atoms with Crippen molar-refractivity contribution in [2.45, 2.75) is 31.8 Å². The highest BCUT2D eigenvalue weighted by atomic mass is 79.9. The van der Waals surface area contributed by atoms with Crippen molar-refractivity contribution in [2.24, 2.45) is 0 Å².